The molecular formula is C32H34N6O4S. The molecule has 0 bridgehead atoms. The molecule has 0 radical (unpaired) electrons. The second-order valence-corrected chi connectivity index (χ2v) is 11.7. The van der Waals surface area contributed by atoms with Crippen LogP contribution in [0.25, 0.3) is 11.1 Å². The number of benzene rings is 2. The van der Waals surface area contributed by atoms with E-state index in [-0.39, 0.29) is 18.1 Å². The van der Waals surface area contributed by atoms with Crippen molar-refractivity contribution < 1.29 is 17.8 Å². The van der Waals surface area contributed by atoms with Crippen LogP contribution in [0.2, 0.25) is 0 Å². The van der Waals surface area contributed by atoms with Crippen molar-refractivity contribution in [3.63, 3.8) is 0 Å². The maximum absolute atomic E-state index is 13.6. The van der Waals surface area contributed by atoms with Gasteiger partial charge >= 0.3 is 6.03 Å². The SMILES string of the molecule is CS(=O)(=O)O.N#Cc1ccc(NC2CCC(N(C(=O)NCc3ccccc3)c3ccc(-c4cccnc4)cc3)CC2)nc1. The number of anilines is 2. The minimum atomic E-state index is -3.67. The van der Waals surface area contributed by atoms with Crippen molar-refractivity contribution in [3.05, 3.63) is 109 Å². The fraction of sp³-hybridized carbons (Fsp3) is 0.250. The molecule has 2 aromatic heterocycles. The fourth-order valence-electron chi connectivity index (χ4n) is 4.93. The summed E-state index contributed by atoms with van der Waals surface area (Å²) >= 11 is 0. The Morgan fingerprint density at radius 3 is 2.23 bits per heavy atom. The van der Waals surface area contributed by atoms with Crippen LogP contribution in [0.3, 0.4) is 0 Å². The van der Waals surface area contributed by atoms with Crippen molar-refractivity contribution in [1.82, 2.24) is 15.3 Å². The lowest BCUT2D eigenvalue weighted by atomic mass is 9.89. The van der Waals surface area contributed by atoms with Crippen LogP contribution >= 0.6 is 0 Å². The average molecular weight is 599 g/mol. The van der Waals surface area contributed by atoms with Crippen LogP contribution in [0.5, 0.6) is 0 Å². The molecule has 1 aliphatic rings. The number of urea groups is 1. The van der Waals surface area contributed by atoms with Gasteiger partial charge in [0.15, 0.2) is 0 Å². The van der Waals surface area contributed by atoms with Gasteiger partial charge in [-0.1, -0.05) is 48.5 Å². The summed E-state index contributed by atoms with van der Waals surface area (Å²) in [5.41, 5.74) is 4.60. The van der Waals surface area contributed by atoms with E-state index in [0.717, 1.165) is 53.9 Å². The van der Waals surface area contributed by atoms with E-state index in [0.29, 0.717) is 18.4 Å². The fourth-order valence-corrected chi connectivity index (χ4v) is 4.93. The van der Waals surface area contributed by atoms with E-state index >= 15 is 0 Å². The quantitative estimate of drug-likeness (QED) is 0.231. The number of carbonyl (C=O) groups excluding carboxylic acids is 1. The zero-order chi connectivity index (χ0) is 30.7. The number of amides is 2. The van der Waals surface area contributed by atoms with Crippen molar-refractivity contribution in [3.8, 4) is 17.2 Å². The summed E-state index contributed by atoms with van der Waals surface area (Å²) in [5, 5.41) is 15.6. The van der Waals surface area contributed by atoms with Gasteiger partial charge in [-0.25, -0.2) is 9.78 Å². The second-order valence-electron chi connectivity index (χ2n) is 10.2. The minimum Gasteiger partial charge on any atom is -0.367 e. The lowest BCUT2D eigenvalue weighted by molar-refractivity contribution is 0.240. The number of nitriles is 1. The van der Waals surface area contributed by atoms with Crippen molar-refractivity contribution in [2.75, 3.05) is 16.5 Å². The molecule has 0 atom stereocenters. The van der Waals surface area contributed by atoms with Crippen LogP contribution in [0.1, 0.15) is 36.8 Å². The molecule has 3 N–H and O–H groups in total. The highest BCUT2D eigenvalue weighted by molar-refractivity contribution is 7.85. The summed E-state index contributed by atoms with van der Waals surface area (Å²) in [4.78, 5) is 24.0. The van der Waals surface area contributed by atoms with Crippen molar-refractivity contribution >= 4 is 27.7 Å². The Morgan fingerprint density at radius 1 is 0.953 bits per heavy atom. The first-order valence-corrected chi connectivity index (χ1v) is 15.7. The number of hydrogen-bond donors (Lipinski definition) is 3. The average Bonchev–Trinajstić information content (AvgIpc) is 3.02. The first-order valence-electron chi connectivity index (χ1n) is 13.9. The van der Waals surface area contributed by atoms with E-state index in [2.05, 4.69) is 26.7 Å². The summed E-state index contributed by atoms with van der Waals surface area (Å²) in [6.07, 6.45) is 9.49. The normalized spacial score (nSPS) is 16.1. The van der Waals surface area contributed by atoms with Crippen LogP contribution in [0.4, 0.5) is 16.3 Å². The number of rotatable bonds is 7. The van der Waals surface area contributed by atoms with E-state index in [1.54, 1.807) is 18.5 Å². The standard InChI is InChI=1S/C31H30N6O.CH4O3S/c32-19-24-8-17-30(34-21-24)36-27-11-15-29(16-12-27)37(31(38)35-20-23-5-2-1-3-6-23)28-13-9-25(10-14-28)26-7-4-18-33-22-26;1-5(2,3)4/h1-10,13-14,17-18,21-22,27,29H,11-12,15-16,20H2,(H,34,36)(H,35,38);1H3,(H,2,3,4). The Labute approximate surface area is 252 Å². The summed E-state index contributed by atoms with van der Waals surface area (Å²) in [6.45, 7) is 0.477. The summed E-state index contributed by atoms with van der Waals surface area (Å²) in [6, 6.07) is 28.0. The van der Waals surface area contributed by atoms with E-state index in [1.807, 2.05) is 83.9 Å². The lowest BCUT2D eigenvalue weighted by Gasteiger charge is -2.37. The van der Waals surface area contributed by atoms with Crippen LogP contribution in [0, 0.1) is 11.3 Å². The zero-order valence-corrected chi connectivity index (χ0v) is 24.6. The molecule has 10 nitrogen and oxygen atoms in total. The van der Waals surface area contributed by atoms with Gasteiger partial charge in [0.05, 0.1) is 11.8 Å². The van der Waals surface area contributed by atoms with Crippen LogP contribution < -0.4 is 15.5 Å². The highest BCUT2D eigenvalue weighted by atomic mass is 32.2. The van der Waals surface area contributed by atoms with E-state index in [4.69, 9.17) is 9.81 Å². The largest absolute Gasteiger partial charge is 0.367 e. The van der Waals surface area contributed by atoms with Gasteiger partial charge in [-0.05, 0) is 72.7 Å². The lowest BCUT2D eigenvalue weighted by Crippen LogP contribution is -2.48. The molecule has 11 heteroatoms. The molecule has 2 amide bonds. The van der Waals surface area contributed by atoms with Gasteiger partial charge in [0, 0.05) is 42.9 Å². The third-order valence-electron chi connectivity index (χ3n) is 6.95. The predicted molar refractivity (Wildman–Crippen MR) is 167 cm³/mol. The maximum atomic E-state index is 13.6. The molecule has 5 rings (SSSR count). The Kier molecular flexibility index (Phi) is 10.8. The molecule has 2 aromatic carbocycles. The monoisotopic (exact) mass is 598 g/mol. The molecule has 1 saturated carbocycles. The Bertz CT molecular complexity index is 1590. The molecule has 0 spiro atoms. The van der Waals surface area contributed by atoms with Gasteiger partial charge < -0.3 is 10.6 Å². The first-order chi connectivity index (χ1) is 20.7. The summed E-state index contributed by atoms with van der Waals surface area (Å²) in [5.74, 6) is 0.774. The second kappa shape index (κ2) is 14.9. The van der Waals surface area contributed by atoms with Crippen LogP contribution in [-0.2, 0) is 16.7 Å². The number of pyridine rings is 2. The van der Waals surface area contributed by atoms with Crippen LogP contribution in [0.15, 0.2) is 97.5 Å². The number of hydrogen-bond acceptors (Lipinski definition) is 7. The maximum Gasteiger partial charge on any atom is 0.322 e. The Hall–Kier alpha value is -4.79. The number of aromatic nitrogens is 2. The van der Waals surface area contributed by atoms with Gasteiger partial charge in [-0.3, -0.25) is 14.4 Å². The number of nitrogens with zero attached hydrogens (tertiary/aromatic N) is 4. The third-order valence-corrected chi connectivity index (χ3v) is 6.95. The third kappa shape index (κ3) is 9.92. The minimum absolute atomic E-state index is 0.0852. The van der Waals surface area contributed by atoms with Gasteiger partial charge in [0.25, 0.3) is 10.1 Å². The first kappa shape index (κ1) is 31.2. The molecule has 222 valence electrons. The highest BCUT2D eigenvalue weighted by Gasteiger charge is 2.30. The zero-order valence-electron chi connectivity index (χ0n) is 23.8. The van der Waals surface area contributed by atoms with Gasteiger partial charge in [-0.2, -0.15) is 13.7 Å². The van der Waals surface area contributed by atoms with E-state index < -0.39 is 10.1 Å². The van der Waals surface area contributed by atoms with Gasteiger partial charge in [0.1, 0.15) is 11.9 Å². The molecule has 0 saturated heterocycles. The smallest absolute Gasteiger partial charge is 0.322 e. The van der Waals surface area contributed by atoms with Crippen molar-refractivity contribution in [2.24, 2.45) is 0 Å². The van der Waals surface area contributed by atoms with Gasteiger partial charge in [-0.15, -0.1) is 0 Å². The topological polar surface area (TPSA) is 148 Å². The van der Waals surface area contributed by atoms with Crippen LogP contribution in [-0.4, -0.2) is 47.3 Å². The molecule has 1 fully saturated rings. The molecule has 43 heavy (non-hydrogen) atoms. The summed E-state index contributed by atoms with van der Waals surface area (Å²) in [7, 11) is -3.67. The Balaban J connectivity index is 0.000000782. The predicted octanol–water partition coefficient (Wildman–Crippen LogP) is 5.66. The Morgan fingerprint density at radius 2 is 1.65 bits per heavy atom. The molecule has 0 aliphatic heterocycles. The molecule has 4 aromatic rings. The number of nitrogens with one attached hydrogen (secondary N) is 2. The summed E-state index contributed by atoms with van der Waals surface area (Å²) < 4.78 is 25.9. The van der Waals surface area contributed by atoms with Crippen molar-refractivity contribution in [2.45, 2.75) is 44.3 Å². The molecule has 0 unspecified atom stereocenters. The van der Waals surface area contributed by atoms with E-state index in [1.165, 1.54) is 0 Å². The molecule has 1 aliphatic carbocycles. The highest BCUT2D eigenvalue weighted by Crippen LogP contribution is 2.31. The van der Waals surface area contributed by atoms with E-state index in [9.17, 15) is 13.2 Å². The molecular weight excluding hydrogens is 564 g/mol. The molecule has 2 heterocycles. The number of carbonyl (C=O) groups is 1. The van der Waals surface area contributed by atoms with Crippen molar-refractivity contribution in [1.29, 1.82) is 5.26 Å². The van der Waals surface area contributed by atoms with Gasteiger partial charge in [0.2, 0.25) is 0 Å².